The van der Waals surface area contributed by atoms with Crippen LogP contribution in [0.1, 0.15) is 52.0 Å². The molecule has 1 aromatic rings. The predicted octanol–water partition coefficient (Wildman–Crippen LogP) is 5.04. The van der Waals surface area contributed by atoms with Crippen molar-refractivity contribution in [3.63, 3.8) is 0 Å². The molecule has 1 N–H and O–H groups in total. The van der Waals surface area contributed by atoms with Gasteiger partial charge in [-0.3, -0.25) is 0 Å². The molecule has 0 aromatic heterocycles. The summed E-state index contributed by atoms with van der Waals surface area (Å²) in [6.07, 6.45) is 7.90. The van der Waals surface area contributed by atoms with Crippen LogP contribution < -0.4 is 0 Å². The van der Waals surface area contributed by atoms with Crippen LogP contribution in [-0.2, 0) is 11.3 Å². The second kappa shape index (κ2) is 11.2. The molecule has 0 spiro atoms. The van der Waals surface area contributed by atoms with E-state index in [4.69, 9.17) is 4.74 Å². The number of allylic oxidation sites excluding steroid dienone is 2. The summed E-state index contributed by atoms with van der Waals surface area (Å²) in [4.78, 5) is 0. The van der Waals surface area contributed by atoms with Gasteiger partial charge in [0, 0.05) is 0 Å². The minimum absolute atomic E-state index is 0.195. The Morgan fingerprint density at radius 2 is 1.86 bits per heavy atom. The Balaban J connectivity index is 2.19. The molecule has 2 nitrogen and oxygen atoms in total. The molecule has 2 heteroatoms. The molecule has 122 valence electrons. The zero-order valence-electron chi connectivity index (χ0n) is 14.2. The highest BCUT2D eigenvalue weighted by molar-refractivity contribution is 5.13. The normalized spacial score (nSPS) is 14.2. The van der Waals surface area contributed by atoms with Gasteiger partial charge in [-0.05, 0) is 45.1 Å². The van der Waals surface area contributed by atoms with E-state index in [0.717, 1.165) is 25.7 Å². The molecule has 0 fully saturated rings. The van der Waals surface area contributed by atoms with Crippen molar-refractivity contribution in [1.29, 1.82) is 0 Å². The van der Waals surface area contributed by atoms with Gasteiger partial charge < -0.3 is 9.84 Å². The Hall–Kier alpha value is -1.38. The molecular formula is C20H30O2. The first-order valence-corrected chi connectivity index (χ1v) is 8.22. The van der Waals surface area contributed by atoms with Crippen molar-refractivity contribution < 1.29 is 9.84 Å². The van der Waals surface area contributed by atoms with Crippen LogP contribution in [0.15, 0.2) is 53.6 Å². The van der Waals surface area contributed by atoms with E-state index in [1.807, 2.05) is 25.1 Å². The largest absolute Gasteiger partial charge is 0.393 e. The number of rotatable bonds is 10. The first-order valence-electron chi connectivity index (χ1n) is 8.22. The molecule has 0 bridgehead atoms. The van der Waals surface area contributed by atoms with Gasteiger partial charge in [0.15, 0.2) is 0 Å². The lowest BCUT2D eigenvalue weighted by atomic mass is 10.0. The third-order valence-electron chi connectivity index (χ3n) is 3.72. The molecule has 0 saturated carbocycles. The van der Waals surface area contributed by atoms with E-state index < -0.39 is 0 Å². The van der Waals surface area contributed by atoms with Gasteiger partial charge in [-0.25, -0.2) is 0 Å². The molecule has 1 atom stereocenters. The van der Waals surface area contributed by atoms with Crippen LogP contribution in [0.2, 0.25) is 0 Å². The molecule has 0 radical (unpaired) electrons. The fraction of sp³-hybridized carbons (Fsp3) is 0.500. The van der Waals surface area contributed by atoms with Crippen molar-refractivity contribution in [2.24, 2.45) is 0 Å². The fourth-order valence-corrected chi connectivity index (χ4v) is 2.20. The standard InChI is InChI=1S/C20H30O2/c1-4-20(21)15-18(3)10-8-9-17(2)13-14-22-16-19-11-6-5-7-12-19/h5-7,10-13,20-21H,4,8-9,14-16H2,1-3H3/b17-13+,18-10+. The van der Waals surface area contributed by atoms with E-state index in [9.17, 15) is 5.11 Å². The van der Waals surface area contributed by atoms with Crippen LogP contribution in [0.4, 0.5) is 0 Å². The Morgan fingerprint density at radius 1 is 1.14 bits per heavy atom. The van der Waals surface area contributed by atoms with Gasteiger partial charge in [-0.1, -0.05) is 60.6 Å². The summed E-state index contributed by atoms with van der Waals surface area (Å²) >= 11 is 0. The van der Waals surface area contributed by atoms with Gasteiger partial charge in [0.2, 0.25) is 0 Å². The number of ether oxygens (including phenoxy) is 1. The van der Waals surface area contributed by atoms with Gasteiger partial charge in [-0.15, -0.1) is 0 Å². The molecule has 1 aromatic carbocycles. The van der Waals surface area contributed by atoms with E-state index in [0.29, 0.717) is 13.2 Å². The Kier molecular flexibility index (Phi) is 9.52. The lowest BCUT2D eigenvalue weighted by molar-refractivity contribution is 0.148. The summed E-state index contributed by atoms with van der Waals surface area (Å²) in [7, 11) is 0. The maximum absolute atomic E-state index is 9.61. The molecule has 0 amide bonds. The minimum Gasteiger partial charge on any atom is -0.393 e. The first-order chi connectivity index (χ1) is 10.6. The lowest BCUT2D eigenvalue weighted by Crippen LogP contribution is -2.04. The molecular weight excluding hydrogens is 272 g/mol. The highest BCUT2D eigenvalue weighted by Crippen LogP contribution is 2.11. The van der Waals surface area contributed by atoms with Gasteiger partial charge >= 0.3 is 0 Å². The van der Waals surface area contributed by atoms with E-state index in [-0.39, 0.29) is 6.10 Å². The van der Waals surface area contributed by atoms with Crippen LogP contribution in [0.5, 0.6) is 0 Å². The number of hydrogen-bond acceptors (Lipinski definition) is 2. The van der Waals surface area contributed by atoms with Crippen LogP contribution in [0.3, 0.4) is 0 Å². The van der Waals surface area contributed by atoms with Crippen molar-refractivity contribution in [2.75, 3.05) is 6.61 Å². The zero-order chi connectivity index (χ0) is 16.2. The number of aliphatic hydroxyl groups is 1. The first kappa shape index (κ1) is 18.7. The highest BCUT2D eigenvalue weighted by atomic mass is 16.5. The zero-order valence-corrected chi connectivity index (χ0v) is 14.2. The highest BCUT2D eigenvalue weighted by Gasteiger charge is 2.00. The monoisotopic (exact) mass is 302 g/mol. The van der Waals surface area contributed by atoms with Gasteiger partial charge in [0.05, 0.1) is 19.3 Å². The second-order valence-corrected chi connectivity index (χ2v) is 5.91. The molecule has 1 rings (SSSR count). The van der Waals surface area contributed by atoms with Crippen molar-refractivity contribution >= 4 is 0 Å². The minimum atomic E-state index is -0.195. The number of benzene rings is 1. The summed E-state index contributed by atoms with van der Waals surface area (Å²) in [6.45, 7) is 7.59. The van der Waals surface area contributed by atoms with Gasteiger partial charge in [-0.2, -0.15) is 0 Å². The average molecular weight is 302 g/mol. The second-order valence-electron chi connectivity index (χ2n) is 5.91. The summed E-state index contributed by atoms with van der Waals surface area (Å²) in [5.74, 6) is 0. The average Bonchev–Trinajstić information content (AvgIpc) is 2.52. The Bertz CT molecular complexity index is 460. The van der Waals surface area contributed by atoms with Crippen LogP contribution in [-0.4, -0.2) is 17.8 Å². The van der Waals surface area contributed by atoms with Gasteiger partial charge in [0.25, 0.3) is 0 Å². The van der Waals surface area contributed by atoms with Gasteiger partial charge in [0.1, 0.15) is 0 Å². The smallest absolute Gasteiger partial charge is 0.0721 e. The quantitative estimate of drug-likeness (QED) is 0.485. The predicted molar refractivity (Wildman–Crippen MR) is 93.8 cm³/mol. The number of hydrogen-bond donors (Lipinski definition) is 1. The molecule has 0 heterocycles. The number of aliphatic hydroxyl groups excluding tert-OH is 1. The third kappa shape index (κ3) is 8.81. The van der Waals surface area contributed by atoms with Crippen molar-refractivity contribution in [2.45, 2.75) is 59.2 Å². The summed E-state index contributed by atoms with van der Waals surface area (Å²) in [5, 5.41) is 9.61. The van der Waals surface area contributed by atoms with E-state index in [1.54, 1.807) is 0 Å². The molecule has 0 aliphatic heterocycles. The summed E-state index contributed by atoms with van der Waals surface area (Å²) < 4.78 is 5.66. The van der Waals surface area contributed by atoms with E-state index in [2.05, 4.69) is 38.1 Å². The van der Waals surface area contributed by atoms with Crippen LogP contribution in [0, 0.1) is 0 Å². The van der Waals surface area contributed by atoms with E-state index >= 15 is 0 Å². The fourth-order valence-electron chi connectivity index (χ4n) is 2.20. The summed E-state index contributed by atoms with van der Waals surface area (Å²) in [6, 6.07) is 10.2. The maximum atomic E-state index is 9.61. The Morgan fingerprint density at radius 3 is 2.55 bits per heavy atom. The molecule has 0 aliphatic carbocycles. The van der Waals surface area contributed by atoms with E-state index in [1.165, 1.54) is 16.7 Å². The molecule has 1 unspecified atom stereocenters. The van der Waals surface area contributed by atoms with Crippen LogP contribution in [0.25, 0.3) is 0 Å². The SMILES string of the molecule is CCC(O)C/C(C)=C/CC/C(C)=C/COCc1ccccc1. The van der Waals surface area contributed by atoms with Crippen LogP contribution >= 0.6 is 0 Å². The maximum Gasteiger partial charge on any atom is 0.0721 e. The topological polar surface area (TPSA) is 29.5 Å². The third-order valence-corrected chi connectivity index (χ3v) is 3.72. The molecule has 22 heavy (non-hydrogen) atoms. The molecule has 0 saturated heterocycles. The summed E-state index contributed by atoms with van der Waals surface area (Å²) in [5.41, 5.74) is 3.84. The molecule has 0 aliphatic rings. The van der Waals surface area contributed by atoms with Crippen molar-refractivity contribution in [3.05, 3.63) is 59.2 Å². The lowest BCUT2D eigenvalue weighted by Gasteiger charge is -2.07. The Labute approximate surface area is 135 Å². The van der Waals surface area contributed by atoms with Crippen molar-refractivity contribution in [1.82, 2.24) is 0 Å². The van der Waals surface area contributed by atoms with Crippen molar-refractivity contribution in [3.8, 4) is 0 Å².